The summed E-state index contributed by atoms with van der Waals surface area (Å²) in [5.41, 5.74) is 0. The second-order valence-corrected chi connectivity index (χ2v) is 5.50. The Bertz CT molecular complexity index is 336. The number of methoxy groups -OCH3 is 1. The van der Waals surface area contributed by atoms with Crippen LogP contribution in [0.1, 0.15) is 6.42 Å². The van der Waals surface area contributed by atoms with E-state index in [1.54, 1.807) is 24.9 Å². The van der Waals surface area contributed by atoms with E-state index in [0.717, 1.165) is 46.8 Å². The molecule has 0 fully saturated rings. The summed E-state index contributed by atoms with van der Waals surface area (Å²) in [5.74, 6) is 1.03. The van der Waals surface area contributed by atoms with Crippen molar-refractivity contribution in [2.24, 2.45) is 0 Å². The number of halogens is 2. The first-order chi connectivity index (χ1) is 8.24. The van der Waals surface area contributed by atoms with Crippen molar-refractivity contribution in [1.82, 2.24) is 5.32 Å². The van der Waals surface area contributed by atoms with Gasteiger partial charge in [-0.3, -0.25) is 0 Å². The van der Waals surface area contributed by atoms with Crippen molar-refractivity contribution in [3.05, 3.63) is 28.2 Å². The number of rotatable bonds is 8. The van der Waals surface area contributed by atoms with E-state index >= 15 is 0 Å². The summed E-state index contributed by atoms with van der Waals surface area (Å²) in [7, 11) is 1.71. The highest BCUT2D eigenvalue weighted by Crippen LogP contribution is 2.29. The monoisotopic (exact) mass is 293 g/mol. The Morgan fingerprint density at radius 3 is 2.88 bits per heavy atom. The maximum Gasteiger partial charge on any atom is 0.0587 e. The Hall–Kier alpha value is 0.0700. The van der Waals surface area contributed by atoms with E-state index < -0.39 is 0 Å². The molecule has 0 radical (unpaired) electrons. The normalized spacial score (nSPS) is 10.8. The fraction of sp³-hybridized carbons (Fsp3) is 0.500. The lowest BCUT2D eigenvalue weighted by Gasteiger charge is -2.06. The summed E-state index contributed by atoms with van der Waals surface area (Å²) < 4.78 is 4.95. The highest BCUT2D eigenvalue weighted by atomic mass is 35.5. The average molecular weight is 294 g/mol. The molecule has 0 atom stereocenters. The topological polar surface area (TPSA) is 21.3 Å². The lowest BCUT2D eigenvalue weighted by molar-refractivity contribution is 0.199. The van der Waals surface area contributed by atoms with Crippen LogP contribution in [-0.4, -0.2) is 32.6 Å². The minimum absolute atomic E-state index is 0.732. The van der Waals surface area contributed by atoms with Crippen LogP contribution in [0.5, 0.6) is 0 Å². The number of ether oxygens (including phenoxy) is 1. The molecule has 0 unspecified atom stereocenters. The summed E-state index contributed by atoms with van der Waals surface area (Å²) in [6, 6.07) is 5.55. The van der Waals surface area contributed by atoms with Crippen LogP contribution in [0, 0.1) is 0 Å². The smallest absolute Gasteiger partial charge is 0.0587 e. The largest absolute Gasteiger partial charge is 0.383 e. The number of hydrogen-bond acceptors (Lipinski definition) is 3. The summed E-state index contributed by atoms with van der Waals surface area (Å²) in [5, 5.41) is 4.80. The zero-order chi connectivity index (χ0) is 12.5. The standard InChI is InChI=1S/C12H17Cl2NOS/c1-16-7-6-15-5-2-8-17-12-9-10(13)3-4-11(12)14/h3-4,9,15H,2,5-8H2,1H3. The molecule has 0 saturated heterocycles. The van der Waals surface area contributed by atoms with Gasteiger partial charge < -0.3 is 10.1 Å². The maximum absolute atomic E-state index is 6.07. The minimum Gasteiger partial charge on any atom is -0.383 e. The van der Waals surface area contributed by atoms with Gasteiger partial charge in [-0.25, -0.2) is 0 Å². The molecule has 1 aromatic carbocycles. The molecule has 0 aromatic heterocycles. The van der Waals surface area contributed by atoms with Crippen LogP contribution in [-0.2, 0) is 4.74 Å². The van der Waals surface area contributed by atoms with E-state index in [9.17, 15) is 0 Å². The summed E-state index contributed by atoms with van der Waals surface area (Å²) in [4.78, 5) is 1.05. The molecule has 96 valence electrons. The number of thioether (sulfide) groups is 1. The SMILES string of the molecule is COCCNCCCSc1cc(Cl)ccc1Cl. The van der Waals surface area contributed by atoms with Crippen LogP contribution in [0.2, 0.25) is 10.0 Å². The van der Waals surface area contributed by atoms with E-state index in [1.165, 1.54) is 0 Å². The fourth-order valence-corrected chi connectivity index (χ4v) is 2.71. The van der Waals surface area contributed by atoms with Crippen molar-refractivity contribution < 1.29 is 4.74 Å². The van der Waals surface area contributed by atoms with E-state index in [4.69, 9.17) is 27.9 Å². The Labute approximate surface area is 117 Å². The van der Waals surface area contributed by atoms with Crippen LogP contribution in [0.3, 0.4) is 0 Å². The zero-order valence-electron chi connectivity index (χ0n) is 9.84. The first-order valence-corrected chi connectivity index (χ1v) is 7.25. The van der Waals surface area contributed by atoms with Crippen molar-refractivity contribution in [2.45, 2.75) is 11.3 Å². The molecule has 5 heteroatoms. The van der Waals surface area contributed by atoms with Gasteiger partial charge in [0, 0.05) is 23.6 Å². The molecule has 0 saturated carbocycles. The van der Waals surface area contributed by atoms with Gasteiger partial charge in [-0.2, -0.15) is 0 Å². The predicted octanol–water partition coefficient (Wildman–Crippen LogP) is 3.71. The Morgan fingerprint density at radius 1 is 1.29 bits per heavy atom. The molecule has 1 N–H and O–H groups in total. The molecule has 0 heterocycles. The molecular weight excluding hydrogens is 277 g/mol. The van der Waals surface area contributed by atoms with Gasteiger partial charge in [0.2, 0.25) is 0 Å². The van der Waals surface area contributed by atoms with E-state index in [0.29, 0.717) is 0 Å². The molecule has 1 aromatic rings. The zero-order valence-corrected chi connectivity index (χ0v) is 12.2. The molecule has 1 rings (SSSR count). The first-order valence-electron chi connectivity index (χ1n) is 5.51. The highest BCUT2D eigenvalue weighted by Gasteiger charge is 2.01. The third kappa shape index (κ3) is 6.53. The van der Waals surface area contributed by atoms with Gasteiger partial charge in [0.25, 0.3) is 0 Å². The number of hydrogen-bond donors (Lipinski definition) is 1. The second-order valence-electron chi connectivity index (χ2n) is 3.52. The summed E-state index contributed by atoms with van der Waals surface area (Å²) >= 11 is 13.7. The van der Waals surface area contributed by atoms with Crippen LogP contribution in [0.25, 0.3) is 0 Å². The van der Waals surface area contributed by atoms with Crippen molar-refractivity contribution >= 4 is 35.0 Å². The quantitative estimate of drug-likeness (QED) is 0.583. The van der Waals surface area contributed by atoms with E-state index in [-0.39, 0.29) is 0 Å². The third-order valence-corrected chi connectivity index (χ3v) is 3.95. The molecule has 17 heavy (non-hydrogen) atoms. The van der Waals surface area contributed by atoms with Gasteiger partial charge in [-0.05, 0) is 36.9 Å². The summed E-state index contributed by atoms with van der Waals surface area (Å²) in [6.45, 7) is 2.65. The van der Waals surface area contributed by atoms with Crippen LogP contribution >= 0.6 is 35.0 Å². The lowest BCUT2D eigenvalue weighted by Crippen LogP contribution is -2.20. The van der Waals surface area contributed by atoms with E-state index in [1.807, 2.05) is 12.1 Å². The second kappa shape index (κ2) is 9.06. The van der Waals surface area contributed by atoms with Crippen LogP contribution in [0.15, 0.2) is 23.1 Å². The van der Waals surface area contributed by atoms with Gasteiger partial charge in [0.15, 0.2) is 0 Å². The molecule has 0 bridgehead atoms. The van der Waals surface area contributed by atoms with Gasteiger partial charge in [0.1, 0.15) is 0 Å². The number of benzene rings is 1. The maximum atomic E-state index is 6.07. The molecule has 2 nitrogen and oxygen atoms in total. The van der Waals surface area contributed by atoms with Gasteiger partial charge in [0.05, 0.1) is 11.6 Å². The Morgan fingerprint density at radius 2 is 2.12 bits per heavy atom. The fourth-order valence-electron chi connectivity index (χ4n) is 1.27. The molecule has 0 spiro atoms. The molecule has 0 aliphatic heterocycles. The van der Waals surface area contributed by atoms with Gasteiger partial charge in [-0.1, -0.05) is 23.2 Å². The first kappa shape index (κ1) is 15.1. The molecule has 0 amide bonds. The molecular formula is C12H17Cl2NOS. The summed E-state index contributed by atoms with van der Waals surface area (Å²) in [6.07, 6.45) is 1.09. The van der Waals surface area contributed by atoms with Gasteiger partial charge in [-0.15, -0.1) is 11.8 Å². The van der Waals surface area contributed by atoms with Crippen LogP contribution < -0.4 is 5.32 Å². The van der Waals surface area contributed by atoms with Crippen molar-refractivity contribution in [3.8, 4) is 0 Å². The van der Waals surface area contributed by atoms with Crippen LogP contribution in [0.4, 0.5) is 0 Å². The number of nitrogens with one attached hydrogen (secondary N) is 1. The van der Waals surface area contributed by atoms with Crippen molar-refractivity contribution in [2.75, 3.05) is 32.6 Å². The van der Waals surface area contributed by atoms with E-state index in [2.05, 4.69) is 5.32 Å². The Kier molecular flexibility index (Phi) is 8.06. The minimum atomic E-state index is 0.732. The third-order valence-electron chi connectivity index (χ3n) is 2.13. The molecule has 0 aliphatic rings. The predicted molar refractivity (Wildman–Crippen MR) is 76.5 cm³/mol. The van der Waals surface area contributed by atoms with Gasteiger partial charge >= 0.3 is 0 Å². The average Bonchev–Trinajstić information content (AvgIpc) is 2.32. The Balaban J connectivity index is 2.15. The molecule has 0 aliphatic carbocycles. The van der Waals surface area contributed by atoms with Crippen molar-refractivity contribution in [3.63, 3.8) is 0 Å². The van der Waals surface area contributed by atoms with Crippen molar-refractivity contribution in [1.29, 1.82) is 0 Å². The lowest BCUT2D eigenvalue weighted by atomic mass is 10.4. The highest BCUT2D eigenvalue weighted by molar-refractivity contribution is 7.99.